The summed E-state index contributed by atoms with van der Waals surface area (Å²) in [4.78, 5) is 6.29. The Kier molecular flexibility index (Phi) is 5.43. The monoisotopic (exact) mass is 222 g/mol. The van der Waals surface area contributed by atoms with E-state index in [0.29, 0.717) is 6.04 Å². The second-order valence-electron chi connectivity index (χ2n) is 4.52. The Hall–Kier alpha value is -0.930. The summed E-state index contributed by atoms with van der Waals surface area (Å²) in [6.45, 7) is 5.00. The largest absolute Gasteiger partial charge is 0.393 e. The molecule has 1 heterocycles. The van der Waals surface area contributed by atoms with Crippen LogP contribution in [-0.2, 0) is 6.42 Å². The van der Waals surface area contributed by atoms with E-state index >= 15 is 0 Å². The van der Waals surface area contributed by atoms with E-state index in [1.165, 1.54) is 5.56 Å². The molecule has 0 spiro atoms. The van der Waals surface area contributed by atoms with Crippen molar-refractivity contribution in [2.24, 2.45) is 0 Å². The van der Waals surface area contributed by atoms with Crippen LogP contribution in [0.4, 0.5) is 0 Å². The van der Waals surface area contributed by atoms with Gasteiger partial charge in [-0.1, -0.05) is 0 Å². The Bertz CT molecular complexity index is 287. The molecule has 0 bridgehead atoms. The summed E-state index contributed by atoms with van der Waals surface area (Å²) < 4.78 is 0. The zero-order valence-corrected chi connectivity index (χ0v) is 10.4. The second kappa shape index (κ2) is 6.61. The van der Waals surface area contributed by atoms with Gasteiger partial charge in [0.15, 0.2) is 0 Å². The molecule has 0 aliphatic carbocycles. The van der Waals surface area contributed by atoms with Crippen molar-refractivity contribution in [3.63, 3.8) is 0 Å². The fourth-order valence-electron chi connectivity index (χ4n) is 1.75. The minimum Gasteiger partial charge on any atom is -0.393 e. The molecule has 2 atom stereocenters. The van der Waals surface area contributed by atoms with Crippen LogP contribution in [-0.4, -0.2) is 40.7 Å². The highest BCUT2D eigenvalue weighted by molar-refractivity contribution is 5.09. The Morgan fingerprint density at radius 2 is 1.94 bits per heavy atom. The maximum atomic E-state index is 9.32. The molecule has 0 aromatic carbocycles. The van der Waals surface area contributed by atoms with Crippen molar-refractivity contribution in [3.05, 3.63) is 30.1 Å². The van der Waals surface area contributed by atoms with Crippen LogP contribution in [0.25, 0.3) is 0 Å². The average Bonchev–Trinajstić information content (AvgIpc) is 2.26. The third-order valence-electron chi connectivity index (χ3n) is 2.94. The van der Waals surface area contributed by atoms with E-state index in [4.69, 9.17) is 0 Å². The average molecular weight is 222 g/mol. The second-order valence-corrected chi connectivity index (χ2v) is 4.52. The molecular weight excluding hydrogens is 200 g/mol. The van der Waals surface area contributed by atoms with Gasteiger partial charge in [-0.2, -0.15) is 0 Å². The lowest BCUT2D eigenvalue weighted by molar-refractivity contribution is 0.134. The van der Waals surface area contributed by atoms with Gasteiger partial charge < -0.3 is 10.0 Å². The molecule has 0 amide bonds. The number of hydrogen-bond donors (Lipinski definition) is 1. The minimum atomic E-state index is -0.224. The molecule has 1 aromatic heterocycles. The van der Waals surface area contributed by atoms with Crippen LogP contribution in [0.5, 0.6) is 0 Å². The van der Waals surface area contributed by atoms with Gasteiger partial charge in [0, 0.05) is 25.0 Å². The smallest absolute Gasteiger partial charge is 0.0526 e. The van der Waals surface area contributed by atoms with E-state index in [-0.39, 0.29) is 6.10 Å². The Labute approximate surface area is 98.1 Å². The predicted octanol–water partition coefficient (Wildman–Crippen LogP) is 1.72. The normalized spacial score (nSPS) is 15.1. The number of hydrogen-bond acceptors (Lipinski definition) is 3. The first-order valence-electron chi connectivity index (χ1n) is 5.87. The molecule has 0 aliphatic heterocycles. The van der Waals surface area contributed by atoms with Gasteiger partial charge in [-0.05, 0) is 51.4 Å². The first kappa shape index (κ1) is 13.1. The van der Waals surface area contributed by atoms with Gasteiger partial charge in [0.25, 0.3) is 0 Å². The number of rotatable bonds is 6. The Morgan fingerprint density at radius 1 is 1.31 bits per heavy atom. The summed E-state index contributed by atoms with van der Waals surface area (Å²) in [5.41, 5.74) is 1.31. The van der Waals surface area contributed by atoms with Crippen molar-refractivity contribution in [3.8, 4) is 0 Å². The zero-order chi connectivity index (χ0) is 12.0. The van der Waals surface area contributed by atoms with Crippen LogP contribution in [0, 0.1) is 0 Å². The van der Waals surface area contributed by atoms with Crippen LogP contribution in [0.15, 0.2) is 24.5 Å². The lowest BCUT2D eigenvalue weighted by atomic mass is 10.1. The third-order valence-corrected chi connectivity index (χ3v) is 2.94. The molecule has 3 nitrogen and oxygen atoms in total. The first-order chi connectivity index (χ1) is 7.59. The zero-order valence-electron chi connectivity index (χ0n) is 10.4. The summed E-state index contributed by atoms with van der Waals surface area (Å²) in [7, 11) is 2.11. The van der Waals surface area contributed by atoms with Crippen molar-refractivity contribution < 1.29 is 5.11 Å². The highest BCUT2D eigenvalue weighted by atomic mass is 16.3. The van der Waals surface area contributed by atoms with Crippen LogP contribution in [0.2, 0.25) is 0 Å². The van der Waals surface area contributed by atoms with E-state index in [1.807, 2.05) is 31.5 Å². The summed E-state index contributed by atoms with van der Waals surface area (Å²) in [5, 5.41) is 9.32. The van der Waals surface area contributed by atoms with Crippen LogP contribution >= 0.6 is 0 Å². The van der Waals surface area contributed by atoms with Gasteiger partial charge in [0.1, 0.15) is 0 Å². The van der Waals surface area contributed by atoms with Gasteiger partial charge in [0.05, 0.1) is 6.10 Å². The predicted molar refractivity (Wildman–Crippen MR) is 66.3 cm³/mol. The molecule has 0 radical (unpaired) electrons. The molecule has 1 rings (SSSR count). The van der Waals surface area contributed by atoms with Crippen molar-refractivity contribution >= 4 is 0 Å². The Morgan fingerprint density at radius 3 is 2.50 bits per heavy atom. The summed E-state index contributed by atoms with van der Waals surface area (Å²) in [5.74, 6) is 0. The Balaban J connectivity index is 2.32. The van der Waals surface area contributed by atoms with Crippen LogP contribution < -0.4 is 0 Å². The van der Waals surface area contributed by atoms with Crippen LogP contribution in [0.3, 0.4) is 0 Å². The quantitative estimate of drug-likeness (QED) is 0.796. The van der Waals surface area contributed by atoms with Crippen molar-refractivity contribution in [2.75, 3.05) is 13.6 Å². The molecule has 0 aliphatic rings. The number of aromatic nitrogens is 1. The minimum absolute atomic E-state index is 0.224. The molecule has 90 valence electrons. The number of nitrogens with zero attached hydrogens (tertiary/aromatic N) is 2. The van der Waals surface area contributed by atoms with Crippen molar-refractivity contribution in [2.45, 2.75) is 38.8 Å². The van der Waals surface area contributed by atoms with E-state index in [0.717, 1.165) is 19.4 Å². The molecule has 16 heavy (non-hydrogen) atoms. The van der Waals surface area contributed by atoms with E-state index in [2.05, 4.69) is 23.9 Å². The van der Waals surface area contributed by atoms with E-state index < -0.39 is 0 Å². The highest BCUT2D eigenvalue weighted by Crippen LogP contribution is 2.06. The molecule has 0 saturated carbocycles. The lowest BCUT2D eigenvalue weighted by Crippen LogP contribution is -2.33. The van der Waals surface area contributed by atoms with Gasteiger partial charge in [-0.15, -0.1) is 0 Å². The van der Waals surface area contributed by atoms with Crippen molar-refractivity contribution in [1.29, 1.82) is 0 Å². The molecule has 3 heteroatoms. The van der Waals surface area contributed by atoms with Crippen LogP contribution in [0.1, 0.15) is 25.8 Å². The molecular formula is C13H22N2O. The first-order valence-corrected chi connectivity index (χ1v) is 5.87. The SMILES string of the molecule is CC(O)CC(C)N(C)CCc1ccncc1. The topological polar surface area (TPSA) is 36.4 Å². The van der Waals surface area contributed by atoms with E-state index in [1.54, 1.807) is 0 Å². The number of aliphatic hydroxyl groups is 1. The number of aliphatic hydroxyl groups excluding tert-OH is 1. The summed E-state index contributed by atoms with van der Waals surface area (Å²) in [6.07, 6.45) is 5.29. The molecule has 0 saturated heterocycles. The summed E-state index contributed by atoms with van der Waals surface area (Å²) >= 11 is 0. The molecule has 2 unspecified atom stereocenters. The van der Waals surface area contributed by atoms with Gasteiger partial charge in [-0.3, -0.25) is 4.98 Å². The fourth-order valence-corrected chi connectivity index (χ4v) is 1.75. The standard InChI is InChI=1S/C13H22N2O/c1-11(10-12(2)16)15(3)9-6-13-4-7-14-8-5-13/h4-5,7-8,11-12,16H,6,9-10H2,1-3H3. The van der Waals surface area contributed by atoms with E-state index in [9.17, 15) is 5.11 Å². The third kappa shape index (κ3) is 4.73. The lowest BCUT2D eigenvalue weighted by Gasteiger charge is -2.25. The van der Waals surface area contributed by atoms with Crippen molar-refractivity contribution in [1.82, 2.24) is 9.88 Å². The molecule has 1 N–H and O–H groups in total. The fraction of sp³-hybridized carbons (Fsp3) is 0.615. The summed E-state index contributed by atoms with van der Waals surface area (Å²) in [6, 6.07) is 4.52. The van der Waals surface area contributed by atoms with Gasteiger partial charge in [0.2, 0.25) is 0 Å². The molecule has 0 fully saturated rings. The molecule has 1 aromatic rings. The number of pyridine rings is 1. The van der Waals surface area contributed by atoms with Gasteiger partial charge in [-0.25, -0.2) is 0 Å². The maximum absolute atomic E-state index is 9.32. The van der Waals surface area contributed by atoms with Gasteiger partial charge >= 0.3 is 0 Å². The maximum Gasteiger partial charge on any atom is 0.0526 e. The highest BCUT2D eigenvalue weighted by Gasteiger charge is 2.11. The number of likely N-dealkylation sites (N-methyl/N-ethyl adjacent to an activating group) is 1.